The molecule has 13 heavy (non-hydrogen) atoms. The molecule has 1 atom stereocenters. The molecule has 1 N–H and O–H groups in total. The molecule has 72 valence electrons. The summed E-state index contributed by atoms with van der Waals surface area (Å²) in [5, 5.41) is 8.72. The third-order valence-electron chi connectivity index (χ3n) is 1.82. The van der Waals surface area contributed by atoms with E-state index < -0.39 is 11.6 Å². The van der Waals surface area contributed by atoms with Gasteiger partial charge in [0.1, 0.15) is 11.6 Å². The standard InChI is InChI=1S/C9H11F2NO/c1-6(5-13)2-7-8(10)3-12-4-9(7)11/h3-4,6,13H,2,5H2,1H3/t6-/m0/s1. The maximum Gasteiger partial charge on any atom is 0.147 e. The van der Waals surface area contributed by atoms with E-state index in [1.54, 1.807) is 6.92 Å². The fraction of sp³-hybridized carbons (Fsp3) is 0.444. The highest BCUT2D eigenvalue weighted by Gasteiger charge is 2.12. The highest BCUT2D eigenvalue weighted by Crippen LogP contribution is 2.14. The van der Waals surface area contributed by atoms with Crippen molar-refractivity contribution in [1.82, 2.24) is 4.98 Å². The van der Waals surface area contributed by atoms with Gasteiger partial charge in [-0.2, -0.15) is 0 Å². The van der Waals surface area contributed by atoms with Crippen molar-refractivity contribution in [3.8, 4) is 0 Å². The predicted molar refractivity (Wildman–Crippen MR) is 44.1 cm³/mol. The molecule has 0 amide bonds. The zero-order valence-corrected chi connectivity index (χ0v) is 7.30. The van der Waals surface area contributed by atoms with Gasteiger partial charge in [-0.05, 0) is 12.3 Å². The summed E-state index contributed by atoms with van der Waals surface area (Å²) in [7, 11) is 0. The minimum atomic E-state index is -0.653. The van der Waals surface area contributed by atoms with Crippen molar-refractivity contribution < 1.29 is 13.9 Å². The molecule has 1 heterocycles. The van der Waals surface area contributed by atoms with E-state index in [9.17, 15) is 8.78 Å². The number of hydrogen-bond donors (Lipinski definition) is 1. The van der Waals surface area contributed by atoms with Crippen LogP contribution in [0.3, 0.4) is 0 Å². The summed E-state index contributed by atoms with van der Waals surface area (Å²) in [5.74, 6) is -1.45. The zero-order chi connectivity index (χ0) is 9.84. The monoisotopic (exact) mass is 187 g/mol. The predicted octanol–water partition coefficient (Wildman–Crippen LogP) is 1.53. The molecule has 0 aliphatic carbocycles. The van der Waals surface area contributed by atoms with Crippen LogP contribution in [-0.2, 0) is 6.42 Å². The average Bonchev–Trinajstić information content (AvgIpc) is 2.11. The van der Waals surface area contributed by atoms with Crippen LogP contribution in [0.15, 0.2) is 12.4 Å². The lowest BCUT2D eigenvalue weighted by Gasteiger charge is -2.08. The summed E-state index contributed by atoms with van der Waals surface area (Å²) >= 11 is 0. The van der Waals surface area contributed by atoms with Crippen LogP contribution in [0.25, 0.3) is 0 Å². The first kappa shape index (κ1) is 10.1. The molecule has 1 aromatic rings. The second-order valence-electron chi connectivity index (χ2n) is 3.07. The summed E-state index contributed by atoms with van der Waals surface area (Å²) in [4.78, 5) is 3.37. The molecular weight excluding hydrogens is 176 g/mol. The van der Waals surface area contributed by atoms with Crippen molar-refractivity contribution in [3.63, 3.8) is 0 Å². The number of nitrogens with zero attached hydrogens (tertiary/aromatic N) is 1. The van der Waals surface area contributed by atoms with Gasteiger partial charge in [0.2, 0.25) is 0 Å². The van der Waals surface area contributed by atoms with Gasteiger partial charge in [-0.15, -0.1) is 0 Å². The van der Waals surface area contributed by atoms with Crippen molar-refractivity contribution in [2.24, 2.45) is 5.92 Å². The average molecular weight is 187 g/mol. The lowest BCUT2D eigenvalue weighted by Crippen LogP contribution is -2.08. The minimum absolute atomic E-state index is 0.00319. The quantitative estimate of drug-likeness (QED) is 0.778. The fourth-order valence-corrected chi connectivity index (χ4v) is 1.05. The second kappa shape index (κ2) is 4.28. The second-order valence-corrected chi connectivity index (χ2v) is 3.07. The van der Waals surface area contributed by atoms with E-state index in [0.29, 0.717) is 0 Å². The van der Waals surface area contributed by atoms with Crippen molar-refractivity contribution in [3.05, 3.63) is 29.6 Å². The van der Waals surface area contributed by atoms with Gasteiger partial charge in [0.05, 0.1) is 12.4 Å². The molecule has 0 fully saturated rings. The van der Waals surface area contributed by atoms with Gasteiger partial charge >= 0.3 is 0 Å². The Hall–Kier alpha value is -1.03. The van der Waals surface area contributed by atoms with Crippen LogP contribution in [0, 0.1) is 17.6 Å². The fourth-order valence-electron chi connectivity index (χ4n) is 1.05. The topological polar surface area (TPSA) is 33.1 Å². The van der Waals surface area contributed by atoms with Gasteiger partial charge < -0.3 is 5.11 Å². The van der Waals surface area contributed by atoms with Gasteiger partial charge in [0, 0.05) is 12.2 Å². The van der Waals surface area contributed by atoms with E-state index >= 15 is 0 Å². The first-order chi connectivity index (χ1) is 6.15. The maximum absolute atomic E-state index is 13.0. The molecule has 0 bridgehead atoms. The number of hydrogen-bond acceptors (Lipinski definition) is 2. The van der Waals surface area contributed by atoms with E-state index in [4.69, 9.17) is 5.11 Å². The number of pyridine rings is 1. The molecular formula is C9H11F2NO. The van der Waals surface area contributed by atoms with Crippen LogP contribution in [-0.4, -0.2) is 16.7 Å². The normalized spacial score (nSPS) is 12.9. The van der Waals surface area contributed by atoms with E-state index in [0.717, 1.165) is 12.4 Å². The van der Waals surface area contributed by atoms with Crippen molar-refractivity contribution in [1.29, 1.82) is 0 Å². The third kappa shape index (κ3) is 2.45. The molecule has 0 spiro atoms. The van der Waals surface area contributed by atoms with E-state index in [-0.39, 0.29) is 24.5 Å². The number of aliphatic hydroxyl groups excluding tert-OH is 1. The molecule has 2 nitrogen and oxygen atoms in total. The van der Waals surface area contributed by atoms with Gasteiger partial charge in [-0.3, -0.25) is 4.98 Å². The maximum atomic E-state index is 13.0. The number of halogens is 2. The van der Waals surface area contributed by atoms with Crippen LogP contribution in [0.5, 0.6) is 0 Å². The summed E-state index contributed by atoms with van der Waals surface area (Å²) in [6, 6.07) is 0. The van der Waals surface area contributed by atoms with E-state index in [1.807, 2.05) is 0 Å². The number of aromatic nitrogens is 1. The summed E-state index contributed by atoms with van der Waals surface area (Å²) in [6.45, 7) is 1.64. The Balaban J connectivity index is 2.87. The lowest BCUT2D eigenvalue weighted by atomic mass is 10.0. The molecule has 0 aliphatic heterocycles. The SMILES string of the molecule is C[C@H](CO)Cc1c(F)cncc1F. The van der Waals surface area contributed by atoms with Crippen LogP contribution in [0.1, 0.15) is 12.5 Å². The van der Waals surface area contributed by atoms with Crippen LogP contribution in [0.4, 0.5) is 8.78 Å². The molecule has 0 saturated carbocycles. The Labute approximate surface area is 75.2 Å². The van der Waals surface area contributed by atoms with Crippen molar-refractivity contribution in [2.75, 3.05) is 6.61 Å². The molecule has 1 rings (SSSR count). The Morgan fingerprint density at radius 1 is 1.38 bits per heavy atom. The minimum Gasteiger partial charge on any atom is -0.396 e. The molecule has 0 radical (unpaired) electrons. The Morgan fingerprint density at radius 2 is 1.92 bits per heavy atom. The third-order valence-corrected chi connectivity index (χ3v) is 1.82. The zero-order valence-electron chi connectivity index (χ0n) is 7.30. The van der Waals surface area contributed by atoms with E-state index in [2.05, 4.69) is 4.98 Å². The number of rotatable bonds is 3. The first-order valence-corrected chi connectivity index (χ1v) is 4.04. The van der Waals surface area contributed by atoms with Gasteiger partial charge in [0.25, 0.3) is 0 Å². The lowest BCUT2D eigenvalue weighted by molar-refractivity contribution is 0.235. The smallest absolute Gasteiger partial charge is 0.147 e. The molecule has 0 aliphatic rings. The molecule has 0 aromatic carbocycles. The van der Waals surface area contributed by atoms with E-state index in [1.165, 1.54) is 0 Å². The highest BCUT2D eigenvalue weighted by molar-refractivity contribution is 5.15. The molecule has 0 saturated heterocycles. The first-order valence-electron chi connectivity index (χ1n) is 4.04. The summed E-state index contributed by atoms with van der Waals surface area (Å²) in [5.41, 5.74) is -0.00319. The van der Waals surface area contributed by atoms with Crippen LogP contribution < -0.4 is 0 Å². The number of aliphatic hydroxyl groups is 1. The highest BCUT2D eigenvalue weighted by atomic mass is 19.1. The van der Waals surface area contributed by atoms with Gasteiger partial charge in [-0.1, -0.05) is 6.92 Å². The largest absolute Gasteiger partial charge is 0.396 e. The Kier molecular flexibility index (Phi) is 3.31. The Bertz CT molecular complexity index is 271. The molecule has 0 unspecified atom stereocenters. The Morgan fingerprint density at radius 3 is 2.38 bits per heavy atom. The van der Waals surface area contributed by atoms with Crippen molar-refractivity contribution in [2.45, 2.75) is 13.3 Å². The van der Waals surface area contributed by atoms with Crippen LogP contribution >= 0.6 is 0 Å². The molecule has 4 heteroatoms. The van der Waals surface area contributed by atoms with Crippen LogP contribution in [0.2, 0.25) is 0 Å². The van der Waals surface area contributed by atoms with Gasteiger partial charge in [-0.25, -0.2) is 8.78 Å². The molecule has 1 aromatic heterocycles. The summed E-state index contributed by atoms with van der Waals surface area (Å²) in [6.07, 6.45) is 2.14. The van der Waals surface area contributed by atoms with Gasteiger partial charge in [0.15, 0.2) is 0 Å². The summed E-state index contributed by atoms with van der Waals surface area (Å²) < 4.78 is 25.9. The van der Waals surface area contributed by atoms with Crippen molar-refractivity contribution >= 4 is 0 Å².